The summed E-state index contributed by atoms with van der Waals surface area (Å²) in [5.41, 5.74) is 0. The normalized spacial score (nSPS) is 36.6. The van der Waals surface area contributed by atoms with Crippen LogP contribution in [0.5, 0.6) is 0 Å². The molecule has 0 aromatic rings. The molecule has 1 saturated heterocycles. The van der Waals surface area contributed by atoms with Gasteiger partial charge in [-0.3, -0.25) is 0 Å². The Labute approximate surface area is 87.3 Å². The van der Waals surface area contributed by atoms with Gasteiger partial charge in [-0.1, -0.05) is 12.8 Å². The Bertz CT molecular complexity index is 164. The lowest BCUT2D eigenvalue weighted by Crippen LogP contribution is -2.40. The minimum Gasteiger partial charge on any atom is -0.393 e. The highest BCUT2D eigenvalue weighted by Gasteiger charge is 2.25. The van der Waals surface area contributed by atoms with Gasteiger partial charge in [0.15, 0.2) is 0 Å². The van der Waals surface area contributed by atoms with E-state index in [-0.39, 0.29) is 6.10 Å². The largest absolute Gasteiger partial charge is 0.393 e. The van der Waals surface area contributed by atoms with Crippen LogP contribution >= 0.6 is 0 Å². The zero-order chi connectivity index (χ0) is 9.80. The summed E-state index contributed by atoms with van der Waals surface area (Å²) in [7, 11) is 0. The maximum absolute atomic E-state index is 9.65. The van der Waals surface area contributed by atoms with E-state index >= 15 is 0 Å². The molecule has 2 atom stereocenters. The summed E-state index contributed by atoms with van der Waals surface area (Å²) in [5.74, 6) is 0. The summed E-state index contributed by atoms with van der Waals surface area (Å²) in [6.45, 7) is 2.55. The smallest absolute Gasteiger partial charge is 0.0555 e. The Hall–Kier alpha value is -0.0800. The van der Waals surface area contributed by atoms with Gasteiger partial charge in [0.2, 0.25) is 0 Å². The molecule has 1 aliphatic heterocycles. The second kappa shape index (κ2) is 5.13. The van der Waals surface area contributed by atoms with Crippen molar-refractivity contribution < 1.29 is 5.11 Å². The van der Waals surface area contributed by atoms with Crippen LogP contribution in [0, 0.1) is 0 Å². The first-order valence-electron chi connectivity index (χ1n) is 6.28. The summed E-state index contributed by atoms with van der Waals surface area (Å²) >= 11 is 0. The van der Waals surface area contributed by atoms with Crippen molar-refractivity contribution in [2.45, 2.75) is 63.5 Å². The van der Waals surface area contributed by atoms with Crippen LogP contribution in [0.15, 0.2) is 0 Å². The third-order valence-corrected chi connectivity index (χ3v) is 3.78. The van der Waals surface area contributed by atoms with Crippen molar-refractivity contribution >= 4 is 0 Å². The molecule has 0 bridgehead atoms. The number of likely N-dealkylation sites (tertiary alicyclic amines) is 1. The summed E-state index contributed by atoms with van der Waals surface area (Å²) in [4.78, 5) is 2.63. The zero-order valence-corrected chi connectivity index (χ0v) is 9.12. The molecule has 14 heavy (non-hydrogen) atoms. The van der Waals surface area contributed by atoms with Crippen molar-refractivity contribution in [2.75, 3.05) is 13.1 Å². The molecule has 2 aliphatic rings. The van der Waals surface area contributed by atoms with Gasteiger partial charge in [-0.15, -0.1) is 0 Å². The van der Waals surface area contributed by atoms with Crippen molar-refractivity contribution in [1.82, 2.24) is 4.90 Å². The van der Waals surface area contributed by atoms with E-state index in [0.717, 1.165) is 12.8 Å². The quantitative estimate of drug-likeness (QED) is 0.696. The maximum Gasteiger partial charge on any atom is 0.0555 e. The van der Waals surface area contributed by atoms with E-state index in [9.17, 15) is 5.11 Å². The molecule has 2 nitrogen and oxygen atoms in total. The number of hydrogen-bond donors (Lipinski definition) is 1. The van der Waals surface area contributed by atoms with Crippen molar-refractivity contribution in [3.05, 3.63) is 0 Å². The van der Waals surface area contributed by atoms with Gasteiger partial charge in [-0.2, -0.15) is 0 Å². The Morgan fingerprint density at radius 1 is 0.857 bits per heavy atom. The lowest BCUT2D eigenvalue weighted by atomic mass is 9.92. The fraction of sp³-hybridized carbons (Fsp3) is 1.00. The molecule has 0 aromatic carbocycles. The average molecular weight is 197 g/mol. The van der Waals surface area contributed by atoms with Crippen LogP contribution in [0.3, 0.4) is 0 Å². The third kappa shape index (κ3) is 2.71. The van der Waals surface area contributed by atoms with E-state index < -0.39 is 0 Å². The second-order valence-corrected chi connectivity index (χ2v) is 4.92. The lowest BCUT2D eigenvalue weighted by molar-refractivity contribution is 0.0633. The van der Waals surface area contributed by atoms with Crippen molar-refractivity contribution in [2.24, 2.45) is 0 Å². The molecule has 2 fully saturated rings. The van der Waals surface area contributed by atoms with Crippen molar-refractivity contribution in [3.8, 4) is 0 Å². The summed E-state index contributed by atoms with van der Waals surface area (Å²) in [6.07, 6.45) is 10.1. The van der Waals surface area contributed by atoms with Gasteiger partial charge in [-0.05, 0) is 51.6 Å². The highest BCUT2D eigenvalue weighted by molar-refractivity contribution is 4.81. The van der Waals surface area contributed by atoms with Crippen molar-refractivity contribution in [1.29, 1.82) is 0 Å². The Morgan fingerprint density at radius 3 is 2.21 bits per heavy atom. The average Bonchev–Trinajstić information content (AvgIpc) is 2.45. The monoisotopic (exact) mass is 197 g/mol. The molecule has 0 amide bonds. The van der Waals surface area contributed by atoms with Gasteiger partial charge in [0.05, 0.1) is 6.10 Å². The molecule has 1 aliphatic carbocycles. The van der Waals surface area contributed by atoms with Gasteiger partial charge >= 0.3 is 0 Å². The number of nitrogens with zero attached hydrogens (tertiary/aromatic N) is 1. The van der Waals surface area contributed by atoms with Gasteiger partial charge < -0.3 is 10.0 Å². The fourth-order valence-electron chi connectivity index (χ4n) is 2.93. The second-order valence-electron chi connectivity index (χ2n) is 4.92. The van der Waals surface area contributed by atoms with Crippen LogP contribution in [-0.4, -0.2) is 35.2 Å². The molecule has 2 rings (SSSR count). The zero-order valence-electron chi connectivity index (χ0n) is 9.12. The number of aliphatic hydroxyl groups is 1. The molecule has 1 heterocycles. The standard InChI is InChI=1S/C12H23NO/c14-12-7-5-6-11(10-12)13-8-3-1-2-4-9-13/h11-12,14H,1-10H2. The lowest BCUT2D eigenvalue weighted by Gasteiger charge is -2.35. The van der Waals surface area contributed by atoms with Crippen molar-refractivity contribution in [3.63, 3.8) is 0 Å². The molecule has 0 radical (unpaired) electrons. The van der Waals surface area contributed by atoms with Crippen LogP contribution in [0.2, 0.25) is 0 Å². The van der Waals surface area contributed by atoms with Gasteiger partial charge in [0, 0.05) is 6.04 Å². The molecular weight excluding hydrogens is 174 g/mol. The minimum atomic E-state index is -0.0167. The third-order valence-electron chi connectivity index (χ3n) is 3.78. The number of hydrogen-bond acceptors (Lipinski definition) is 2. The molecule has 2 heteroatoms. The van der Waals surface area contributed by atoms with E-state index in [1.54, 1.807) is 0 Å². The summed E-state index contributed by atoms with van der Waals surface area (Å²) < 4.78 is 0. The molecular formula is C12H23NO. The fourth-order valence-corrected chi connectivity index (χ4v) is 2.93. The molecule has 0 spiro atoms. The summed E-state index contributed by atoms with van der Waals surface area (Å²) in [6, 6.07) is 0.692. The Morgan fingerprint density at radius 2 is 1.57 bits per heavy atom. The van der Waals surface area contributed by atoms with Crippen LogP contribution in [0.1, 0.15) is 51.4 Å². The van der Waals surface area contributed by atoms with E-state index in [1.165, 1.54) is 51.6 Å². The van der Waals surface area contributed by atoms with Gasteiger partial charge in [0.1, 0.15) is 0 Å². The first-order chi connectivity index (χ1) is 6.86. The minimum absolute atomic E-state index is 0.0167. The highest BCUT2D eigenvalue weighted by Crippen LogP contribution is 2.25. The predicted octanol–water partition coefficient (Wildman–Crippen LogP) is 2.17. The van der Waals surface area contributed by atoms with E-state index in [2.05, 4.69) is 4.90 Å². The van der Waals surface area contributed by atoms with Crippen LogP contribution in [0.25, 0.3) is 0 Å². The molecule has 82 valence electrons. The predicted molar refractivity (Wildman–Crippen MR) is 58.3 cm³/mol. The number of aliphatic hydroxyl groups excluding tert-OH is 1. The Kier molecular flexibility index (Phi) is 3.82. The molecule has 0 aromatic heterocycles. The van der Waals surface area contributed by atoms with Crippen LogP contribution in [-0.2, 0) is 0 Å². The first kappa shape index (κ1) is 10.4. The van der Waals surface area contributed by atoms with E-state index in [1.807, 2.05) is 0 Å². The summed E-state index contributed by atoms with van der Waals surface area (Å²) in [5, 5.41) is 9.65. The van der Waals surface area contributed by atoms with E-state index in [4.69, 9.17) is 0 Å². The van der Waals surface area contributed by atoms with Gasteiger partial charge in [0.25, 0.3) is 0 Å². The Balaban J connectivity index is 1.85. The highest BCUT2D eigenvalue weighted by atomic mass is 16.3. The first-order valence-corrected chi connectivity index (χ1v) is 6.28. The van der Waals surface area contributed by atoms with Gasteiger partial charge in [-0.25, -0.2) is 0 Å². The van der Waals surface area contributed by atoms with Crippen LogP contribution < -0.4 is 0 Å². The topological polar surface area (TPSA) is 23.5 Å². The van der Waals surface area contributed by atoms with Crippen LogP contribution in [0.4, 0.5) is 0 Å². The SMILES string of the molecule is OC1CCCC(N2CCCCCC2)C1. The molecule has 1 N–H and O–H groups in total. The molecule has 1 saturated carbocycles. The maximum atomic E-state index is 9.65. The van der Waals surface area contributed by atoms with E-state index in [0.29, 0.717) is 6.04 Å². The number of rotatable bonds is 1. The molecule has 2 unspecified atom stereocenters.